The lowest BCUT2D eigenvalue weighted by molar-refractivity contribution is -0.135. The normalized spacial score (nSPS) is 14.0. The Morgan fingerprint density at radius 2 is 1.12 bits per heavy atom. The molecule has 11 N–H and O–H groups in total. The van der Waals surface area contributed by atoms with E-state index in [4.69, 9.17) is 11.5 Å². The molecule has 5 atom stereocenters. The molecule has 0 spiro atoms. The standard InChI is InChI=1S/C36H68N8O8/c1-7-8-9-10-11-12-13-14-15-19-28(46)43-30(23(2)3)36(52)44-31(24(4)5)35(51)40-25(6)33(49)39-21-29(47)41-26(18-16-17-20-37)34(50)42-27(22-45)32(38)48/h23-27,30-31,45H,7-22,37H2,1-6H3,(H2,38,48)(H,39,49)(H,40,51)(H,41,47)(H,42,50)(H,43,46)(H,44,52)/t25-,26-,27-,30-,31-/m0/s1. The fourth-order valence-electron chi connectivity index (χ4n) is 5.33. The number of nitrogens with two attached hydrogens (primary N) is 2. The minimum Gasteiger partial charge on any atom is -0.394 e. The van der Waals surface area contributed by atoms with Crippen molar-refractivity contribution in [1.29, 1.82) is 0 Å². The van der Waals surface area contributed by atoms with Gasteiger partial charge in [-0.05, 0) is 51.0 Å². The molecule has 0 aliphatic carbocycles. The highest BCUT2D eigenvalue weighted by Gasteiger charge is 2.32. The number of hydrogen-bond donors (Lipinski definition) is 9. The van der Waals surface area contributed by atoms with Crippen LogP contribution in [0.3, 0.4) is 0 Å². The second-order valence-electron chi connectivity index (χ2n) is 14.1. The Morgan fingerprint density at radius 3 is 1.63 bits per heavy atom. The Balaban J connectivity index is 5.07. The lowest BCUT2D eigenvalue weighted by atomic mass is 9.99. The van der Waals surface area contributed by atoms with Crippen LogP contribution < -0.4 is 43.4 Å². The van der Waals surface area contributed by atoms with Gasteiger partial charge in [0.1, 0.15) is 30.2 Å². The maximum atomic E-state index is 13.3. The fraction of sp³-hybridized carbons (Fsp3) is 0.806. The highest BCUT2D eigenvalue weighted by atomic mass is 16.3. The Labute approximate surface area is 309 Å². The molecule has 0 saturated carbocycles. The summed E-state index contributed by atoms with van der Waals surface area (Å²) in [5, 5.41) is 24.6. The van der Waals surface area contributed by atoms with Crippen molar-refractivity contribution in [2.45, 2.75) is 155 Å². The zero-order valence-electron chi connectivity index (χ0n) is 32.3. The third-order valence-corrected chi connectivity index (χ3v) is 8.64. The van der Waals surface area contributed by atoms with E-state index in [1.165, 1.54) is 39.0 Å². The van der Waals surface area contributed by atoms with Crippen LogP contribution in [0.1, 0.15) is 125 Å². The van der Waals surface area contributed by atoms with Gasteiger partial charge in [0.05, 0.1) is 13.2 Å². The molecule has 0 heterocycles. The van der Waals surface area contributed by atoms with Crippen molar-refractivity contribution in [3.63, 3.8) is 0 Å². The molecule has 0 fully saturated rings. The lowest BCUT2D eigenvalue weighted by Crippen LogP contribution is -2.59. The molecule has 0 aromatic rings. The molecule has 52 heavy (non-hydrogen) atoms. The van der Waals surface area contributed by atoms with Crippen LogP contribution in [-0.2, 0) is 33.6 Å². The van der Waals surface area contributed by atoms with Gasteiger partial charge in [-0.2, -0.15) is 0 Å². The van der Waals surface area contributed by atoms with Crippen molar-refractivity contribution in [3.05, 3.63) is 0 Å². The number of carbonyl (C=O) groups excluding carboxylic acids is 7. The number of carbonyl (C=O) groups is 7. The van der Waals surface area contributed by atoms with E-state index >= 15 is 0 Å². The number of rotatable bonds is 29. The van der Waals surface area contributed by atoms with Crippen LogP contribution >= 0.6 is 0 Å². The second kappa shape index (κ2) is 27.8. The van der Waals surface area contributed by atoms with E-state index in [-0.39, 0.29) is 24.2 Å². The molecule has 0 aromatic carbocycles. The molecule has 0 unspecified atom stereocenters. The molecule has 0 aliphatic heterocycles. The van der Waals surface area contributed by atoms with Gasteiger partial charge < -0.3 is 48.5 Å². The molecule has 0 bridgehead atoms. The summed E-state index contributed by atoms with van der Waals surface area (Å²) in [4.78, 5) is 88.7. The van der Waals surface area contributed by atoms with Gasteiger partial charge in [0.2, 0.25) is 41.4 Å². The Bertz CT molecular complexity index is 1120. The first kappa shape index (κ1) is 48.2. The van der Waals surface area contributed by atoms with Crippen molar-refractivity contribution in [3.8, 4) is 0 Å². The van der Waals surface area contributed by atoms with Crippen LogP contribution in [0.5, 0.6) is 0 Å². The van der Waals surface area contributed by atoms with E-state index in [1.807, 2.05) is 0 Å². The quantitative estimate of drug-likeness (QED) is 0.0480. The van der Waals surface area contributed by atoms with Gasteiger partial charge in [0.15, 0.2) is 0 Å². The van der Waals surface area contributed by atoms with Crippen molar-refractivity contribution in [1.82, 2.24) is 31.9 Å². The van der Waals surface area contributed by atoms with Gasteiger partial charge in [0, 0.05) is 6.42 Å². The smallest absolute Gasteiger partial charge is 0.243 e. The highest BCUT2D eigenvalue weighted by molar-refractivity contribution is 5.96. The molecule has 0 aromatic heterocycles. The Morgan fingerprint density at radius 1 is 0.577 bits per heavy atom. The molecule has 16 nitrogen and oxygen atoms in total. The SMILES string of the molecule is CCCCCCCCCCCC(=O)N[C@H](C(=O)N[C@H](C(=O)N[C@@H](C)C(=O)NCC(=O)N[C@@H](CCCCN)C(=O)N[C@@H](CO)C(N)=O)C(C)C)C(C)C. The zero-order chi connectivity index (χ0) is 39.6. The van der Waals surface area contributed by atoms with Crippen molar-refractivity contribution in [2.24, 2.45) is 23.3 Å². The van der Waals surface area contributed by atoms with Crippen LogP contribution in [0.2, 0.25) is 0 Å². The predicted molar refractivity (Wildman–Crippen MR) is 199 cm³/mol. The van der Waals surface area contributed by atoms with E-state index < -0.39 is 78.8 Å². The number of unbranched alkanes of at least 4 members (excludes halogenated alkanes) is 9. The largest absolute Gasteiger partial charge is 0.394 e. The molecule has 7 amide bonds. The van der Waals surface area contributed by atoms with Gasteiger partial charge in [0.25, 0.3) is 0 Å². The molecule has 0 rings (SSSR count). The summed E-state index contributed by atoms with van der Waals surface area (Å²) in [5.41, 5.74) is 10.7. The van der Waals surface area contributed by atoms with Gasteiger partial charge in [-0.25, -0.2) is 0 Å². The van der Waals surface area contributed by atoms with E-state index in [0.717, 1.165) is 25.7 Å². The van der Waals surface area contributed by atoms with E-state index in [1.54, 1.807) is 27.7 Å². The molecular weight excluding hydrogens is 672 g/mol. The minimum atomic E-state index is -1.34. The van der Waals surface area contributed by atoms with Crippen LogP contribution in [-0.4, -0.2) is 96.4 Å². The number of aliphatic hydroxyl groups excluding tert-OH is 1. The van der Waals surface area contributed by atoms with Crippen molar-refractivity contribution in [2.75, 3.05) is 19.7 Å². The van der Waals surface area contributed by atoms with Crippen LogP contribution in [0.15, 0.2) is 0 Å². The lowest BCUT2D eigenvalue weighted by Gasteiger charge is -2.28. The number of primary amides is 1. The molecule has 16 heteroatoms. The van der Waals surface area contributed by atoms with Gasteiger partial charge in [-0.1, -0.05) is 86.0 Å². The Kier molecular flexibility index (Phi) is 25.8. The first-order valence-electron chi connectivity index (χ1n) is 19.0. The number of hydrogen-bond acceptors (Lipinski definition) is 9. The summed E-state index contributed by atoms with van der Waals surface area (Å²) in [6.45, 7) is 9.79. The minimum absolute atomic E-state index is 0.176. The maximum Gasteiger partial charge on any atom is 0.243 e. The van der Waals surface area contributed by atoms with Crippen LogP contribution in [0.4, 0.5) is 0 Å². The molecule has 0 saturated heterocycles. The summed E-state index contributed by atoms with van der Waals surface area (Å²) in [5.74, 6) is -5.06. The maximum absolute atomic E-state index is 13.3. The molecule has 0 radical (unpaired) electrons. The van der Waals surface area contributed by atoms with E-state index in [2.05, 4.69) is 38.8 Å². The van der Waals surface area contributed by atoms with Crippen molar-refractivity contribution < 1.29 is 38.7 Å². The first-order chi connectivity index (χ1) is 24.6. The third kappa shape index (κ3) is 20.9. The first-order valence-corrected chi connectivity index (χ1v) is 19.0. The van der Waals surface area contributed by atoms with E-state index in [0.29, 0.717) is 25.8 Å². The van der Waals surface area contributed by atoms with Crippen LogP contribution in [0, 0.1) is 11.8 Å². The summed E-state index contributed by atoms with van der Waals surface area (Å²) in [6, 6.07) is -5.40. The average molecular weight is 741 g/mol. The van der Waals surface area contributed by atoms with Gasteiger partial charge in [-0.15, -0.1) is 0 Å². The molecule has 300 valence electrons. The van der Waals surface area contributed by atoms with Gasteiger partial charge >= 0.3 is 0 Å². The zero-order valence-corrected chi connectivity index (χ0v) is 32.3. The summed E-state index contributed by atoms with van der Waals surface area (Å²) < 4.78 is 0. The topological polar surface area (TPSA) is 264 Å². The summed E-state index contributed by atoms with van der Waals surface area (Å²) >= 11 is 0. The highest BCUT2D eigenvalue weighted by Crippen LogP contribution is 2.12. The molecule has 0 aliphatic rings. The van der Waals surface area contributed by atoms with Crippen LogP contribution in [0.25, 0.3) is 0 Å². The number of aliphatic hydroxyl groups is 1. The predicted octanol–water partition coefficient (Wildman–Crippen LogP) is 0.386. The molecular formula is C36H68N8O8. The van der Waals surface area contributed by atoms with Gasteiger partial charge in [-0.3, -0.25) is 33.6 Å². The summed E-state index contributed by atoms with van der Waals surface area (Å²) in [6.07, 6.45) is 11.6. The third-order valence-electron chi connectivity index (χ3n) is 8.64. The second-order valence-corrected chi connectivity index (χ2v) is 14.1. The Hall–Kier alpha value is -3.79. The summed E-state index contributed by atoms with van der Waals surface area (Å²) in [7, 11) is 0. The average Bonchev–Trinajstić information content (AvgIpc) is 3.08. The van der Waals surface area contributed by atoms with Crippen molar-refractivity contribution >= 4 is 41.4 Å². The van der Waals surface area contributed by atoms with E-state index in [9.17, 15) is 38.7 Å². The fourth-order valence-corrected chi connectivity index (χ4v) is 5.33. The number of nitrogens with one attached hydrogen (secondary N) is 6. The monoisotopic (exact) mass is 741 g/mol. The number of amides is 7.